The summed E-state index contributed by atoms with van der Waals surface area (Å²) in [5.74, 6) is 0.124. The van der Waals surface area contributed by atoms with Gasteiger partial charge in [0, 0.05) is 11.8 Å². The lowest BCUT2D eigenvalue weighted by Crippen LogP contribution is -2.17. The van der Waals surface area contributed by atoms with Crippen molar-refractivity contribution in [3.63, 3.8) is 0 Å². The number of rotatable bonds is 7. The number of hydrogen-bond acceptors (Lipinski definition) is 4. The molecular weight excluding hydrogens is 318 g/mol. The third kappa shape index (κ3) is 4.26. The molecule has 1 amide bonds. The second-order valence-corrected chi connectivity index (χ2v) is 6.06. The summed E-state index contributed by atoms with van der Waals surface area (Å²) in [6.45, 7) is 0. The number of unbranched alkanes of at least 4 members (excludes halogenated alkanes) is 1. The van der Waals surface area contributed by atoms with E-state index in [9.17, 15) is 9.90 Å². The molecule has 1 aromatic heterocycles. The third-order valence-corrected chi connectivity index (χ3v) is 4.23. The van der Waals surface area contributed by atoms with Crippen molar-refractivity contribution >= 4 is 16.9 Å². The fraction of sp³-hybridized carbons (Fsp3) is 0.250. The second-order valence-electron chi connectivity index (χ2n) is 6.06. The minimum atomic E-state index is -0.704. The van der Waals surface area contributed by atoms with Crippen LogP contribution < -0.4 is 5.48 Å². The summed E-state index contributed by atoms with van der Waals surface area (Å²) < 4.78 is 5.75. The maximum atomic E-state index is 11.0. The van der Waals surface area contributed by atoms with Crippen LogP contribution in [0.5, 0.6) is 0 Å². The van der Waals surface area contributed by atoms with Crippen molar-refractivity contribution in [2.45, 2.75) is 31.8 Å². The molecule has 5 nitrogen and oxygen atoms in total. The third-order valence-electron chi connectivity index (χ3n) is 4.23. The Morgan fingerprint density at radius 1 is 1.04 bits per heavy atom. The van der Waals surface area contributed by atoms with Gasteiger partial charge in [-0.05, 0) is 48.6 Å². The molecule has 2 aromatic carbocycles. The molecule has 1 atom stereocenters. The molecule has 1 unspecified atom stereocenters. The fourth-order valence-electron chi connectivity index (χ4n) is 2.86. The zero-order valence-electron chi connectivity index (χ0n) is 13.8. The van der Waals surface area contributed by atoms with Gasteiger partial charge in [-0.3, -0.25) is 10.0 Å². The first kappa shape index (κ1) is 17.2. The lowest BCUT2D eigenvalue weighted by Gasteiger charge is -2.06. The van der Waals surface area contributed by atoms with E-state index in [4.69, 9.17) is 9.62 Å². The smallest absolute Gasteiger partial charge is 0.243 e. The average molecular weight is 339 g/mol. The Morgan fingerprint density at radius 3 is 2.60 bits per heavy atom. The lowest BCUT2D eigenvalue weighted by atomic mass is 10.0. The highest BCUT2D eigenvalue weighted by Crippen LogP contribution is 2.30. The molecule has 0 saturated heterocycles. The fourth-order valence-corrected chi connectivity index (χ4v) is 2.86. The minimum Gasteiger partial charge on any atom is -0.458 e. The van der Waals surface area contributed by atoms with Crippen molar-refractivity contribution in [3.05, 3.63) is 60.4 Å². The van der Waals surface area contributed by atoms with Crippen LogP contribution in [0.1, 0.15) is 37.5 Å². The van der Waals surface area contributed by atoms with Gasteiger partial charge in [-0.1, -0.05) is 36.4 Å². The molecule has 0 fully saturated rings. The van der Waals surface area contributed by atoms with Crippen LogP contribution in [0.25, 0.3) is 22.1 Å². The monoisotopic (exact) mass is 339 g/mol. The number of amides is 1. The van der Waals surface area contributed by atoms with Gasteiger partial charge in [0.2, 0.25) is 5.91 Å². The van der Waals surface area contributed by atoms with Crippen molar-refractivity contribution in [1.29, 1.82) is 0 Å². The molecule has 130 valence electrons. The van der Waals surface area contributed by atoms with Crippen LogP contribution in [0.2, 0.25) is 0 Å². The van der Waals surface area contributed by atoms with Gasteiger partial charge in [-0.25, -0.2) is 5.48 Å². The number of aliphatic hydroxyl groups is 1. The van der Waals surface area contributed by atoms with Crippen LogP contribution in [0.4, 0.5) is 0 Å². The van der Waals surface area contributed by atoms with E-state index in [1.165, 1.54) is 0 Å². The molecule has 0 spiro atoms. The van der Waals surface area contributed by atoms with Gasteiger partial charge in [-0.15, -0.1) is 0 Å². The molecule has 0 aliphatic heterocycles. The zero-order valence-corrected chi connectivity index (χ0v) is 13.8. The Balaban J connectivity index is 1.67. The van der Waals surface area contributed by atoms with Crippen LogP contribution in [0.3, 0.4) is 0 Å². The normalized spacial score (nSPS) is 12.2. The molecule has 0 aliphatic rings. The topological polar surface area (TPSA) is 82.7 Å². The number of nitrogens with one attached hydrogen (secondary N) is 1. The average Bonchev–Trinajstić information content (AvgIpc) is 3.09. The SMILES string of the molecule is O=C(CCCCC(O)c1cc2cc(-c3ccccc3)ccc2o1)NO. The predicted octanol–water partition coefficient (Wildman–Crippen LogP) is 4.20. The Labute approximate surface area is 145 Å². The van der Waals surface area contributed by atoms with Gasteiger partial charge in [0.15, 0.2) is 0 Å². The van der Waals surface area contributed by atoms with E-state index in [0.29, 0.717) is 25.0 Å². The number of furan rings is 1. The summed E-state index contributed by atoms with van der Waals surface area (Å²) in [5.41, 5.74) is 4.58. The number of carbonyl (C=O) groups excluding carboxylic acids is 1. The molecule has 3 N–H and O–H groups in total. The van der Waals surface area contributed by atoms with Crippen molar-refractivity contribution in [2.24, 2.45) is 0 Å². The van der Waals surface area contributed by atoms with Crippen molar-refractivity contribution in [3.8, 4) is 11.1 Å². The van der Waals surface area contributed by atoms with E-state index < -0.39 is 12.0 Å². The number of fused-ring (bicyclic) bond motifs is 1. The van der Waals surface area contributed by atoms with Gasteiger partial charge in [0.05, 0.1) is 0 Å². The molecule has 0 bridgehead atoms. The van der Waals surface area contributed by atoms with Gasteiger partial charge < -0.3 is 9.52 Å². The van der Waals surface area contributed by atoms with E-state index in [0.717, 1.165) is 22.1 Å². The van der Waals surface area contributed by atoms with Gasteiger partial charge in [0.25, 0.3) is 0 Å². The van der Waals surface area contributed by atoms with Gasteiger partial charge >= 0.3 is 0 Å². The van der Waals surface area contributed by atoms with E-state index in [1.54, 1.807) is 5.48 Å². The molecule has 3 rings (SSSR count). The molecule has 5 heteroatoms. The second kappa shape index (κ2) is 7.96. The van der Waals surface area contributed by atoms with Crippen LogP contribution >= 0.6 is 0 Å². The molecule has 0 aliphatic carbocycles. The molecule has 0 radical (unpaired) electrons. The number of benzene rings is 2. The van der Waals surface area contributed by atoms with Crippen molar-refractivity contribution in [1.82, 2.24) is 5.48 Å². The number of hydrogen-bond donors (Lipinski definition) is 3. The molecule has 1 heterocycles. The molecule has 25 heavy (non-hydrogen) atoms. The van der Waals surface area contributed by atoms with E-state index in [-0.39, 0.29) is 6.42 Å². The summed E-state index contributed by atoms with van der Waals surface area (Å²) in [4.78, 5) is 11.0. The van der Waals surface area contributed by atoms with E-state index >= 15 is 0 Å². The Morgan fingerprint density at radius 2 is 1.84 bits per heavy atom. The highest BCUT2D eigenvalue weighted by atomic mass is 16.5. The summed E-state index contributed by atoms with van der Waals surface area (Å²) in [6.07, 6.45) is 1.31. The molecule has 0 saturated carbocycles. The standard InChI is InChI=1S/C20H21NO4/c22-17(8-4-5-9-20(23)21-24)19-13-16-12-15(10-11-18(16)25-19)14-6-2-1-3-7-14/h1-3,6-7,10-13,17,22,24H,4-5,8-9H2,(H,21,23). The summed E-state index contributed by atoms with van der Waals surface area (Å²) >= 11 is 0. The lowest BCUT2D eigenvalue weighted by molar-refractivity contribution is -0.129. The highest BCUT2D eigenvalue weighted by Gasteiger charge is 2.14. The number of aliphatic hydroxyl groups excluding tert-OH is 1. The van der Waals surface area contributed by atoms with Crippen molar-refractivity contribution < 1.29 is 19.5 Å². The van der Waals surface area contributed by atoms with E-state index in [2.05, 4.69) is 18.2 Å². The number of carbonyl (C=O) groups is 1. The quantitative estimate of drug-likeness (QED) is 0.342. The summed E-state index contributed by atoms with van der Waals surface area (Å²) in [7, 11) is 0. The highest BCUT2D eigenvalue weighted by molar-refractivity contribution is 5.84. The zero-order chi connectivity index (χ0) is 17.6. The van der Waals surface area contributed by atoms with Crippen LogP contribution in [0.15, 0.2) is 59.0 Å². The Kier molecular flexibility index (Phi) is 5.48. The number of hydroxylamine groups is 1. The van der Waals surface area contributed by atoms with E-state index in [1.807, 2.05) is 36.4 Å². The summed E-state index contributed by atoms with van der Waals surface area (Å²) in [6, 6.07) is 17.9. The molecular formula is C20H21NO4. The predicted molar refractivity (Wildman–Crippen MR) is 95.0 cm³/mol. The first-order valence-corrected chi connectivity index (χ1v) is 8.37. The van der Waals surface area contributed by atoms with Gasteiger partial charge in [0.1, 0.15) is 17.4 Å². The first-order valence-electron chi connectivity index (χ1n) is 8.37. The Bertz CT molecular complexity index is 841. The maximum absolute atomic E-state index is 11.0. The minimum absolute atomic E-state index is 0.240. The van der Waals surface area contributed by atoms with Crippen molar-refractivity contribution in [2.75, 3.05) is 0 Å². The summed E-state index contributed by atoms with van der Waals surface area (Å²) in [5, 5.41) is 19.7. The largest absolute Gasteiger partial charge is 0.458 e. The van der Waals surface area contributed by atoms with Crippen LogP contribution in [-0.4, -0.2) is 16.2 Å². The van der Waals surface area contributed by atoms with Crippen LogP contribution in [0, 0.1) is 0 Å². The molecule has 3 aromatic rings. The van der Waals surface area contributed by atoms with Gasteiger partial charge in [-0.2, -0.15) is 0 Å². The Hall–Kier alpha value is -2.63. The first-order chi connectivity index (χ1) is 12.2. The van der Waals surface area contributed by atoms with Crippen LogP contribution in [-0.2, 0) is 4.79 Å². The maximum Gasteiger partial charge on any atom is 0.243 e.